The van der Waals surface area contributed by atoms with Crippen LogP contribution in [0, 0.1) is 0 Å². The highest BCUT2D eigenvalue weighted by molar-refractivity contribution is 5.75. The number of oxazole rings is 1. The van der Waals surface area contributed by atoms with Crippen molar-refractivity contribution in [2.75, 3.05) is 13.1 Å². The number of rotatable bonds is 5. The molecule has 0 radical (unpaired) electrons. The van der Waals surface area contributed by atoms with Crippen molar-refractivity contribution in [2.24, 2.45) is 0 Å². The number of aromatic nitrogens is 3. The Hall–Kier alpha value is -2.92. The maximum Gasteiger partial charge on any atom is 0.226 e. The van der Waals surface area contributed by atoms with Crippen LogP contribution < -0.4 is 0 Å². The molecule has 1 saturated heterocycles. The first-order chi connectivity index (χ1) is 13.3. The minimum Gasteiger partial charge on any atom is -0.444 e. The molecule has 4 aromatic rings. The molecular formula is C22H22N4O. The van der Waals surface area contributed by atoms with Gasteiger partial charge in [-0.25, -0.2) is 9.97 Å². The average Bonchev–Trinajstić information content (AvgIpc) is 3.45. The monoisotopic (exact) mass is 358 g/mol. The molecule has 5 nitrogen and oxygen atoms in total. The van der Waals surface area contributed by atoms with Crippen LogP contribution in [-0.4, -0.2) is 32.5 Å². The van der Waals surface area contributed by atoms with E-state index in [0.29, 0.717) is 5.89 Å². The molecule has 2 aromatic carbocycles. The Morgan fingerprint density at radius 2 is 1.74 bits per heavy atom. The van der Waals surface area contributed by atoms with Gasteiger partial charge in [0.15, 0.2) is 0 Å². The Morgan fingerprint density at radius 3 is 2.59 bits per heavy atom. The van der Waals surface area contributed by atoms with Gasteiger partial charge in [-0.1, -0.05) is 24.3 Å². The number of hydrogen-bond acceptors (Lipinski definition) is 4. The third-order valence-electron chi connectivity index (χ3n) is 5.22. The molecule has 0 saturated carbocycles. The van der Waals surface area contributed by atoms with Gasteiger partial charge in [-0.2, -0.15) is 0 Å². The van der Waals surface area contributed by atoms with Gasteiger partial charge in [0.1, 0.15) is 6.26 Å². The predicted octanol–water partition coefficient (Wildman–Crippen LogP) is 4.34. The molecule has 0 aliphatic carbocycles. The third kappa shape index (κ3) is 3.38. The highest BCUT2D eigenvalue weighted by Gasteiger charge is 2.14. The van der Waals surface area contributed by atoms with E-state index in [4.69, 9.17) is 4.42 Å². The predicted molar refractivity (Wildman–Crippen MR) is 105 cm³/mol. The summed E-state index contributed by atoms with van der Waals surface area (Å²) >= 11 is 0. The van der Waals surface area contributed by atoms with Crippen molar-refractivity contribution >= 4 is 11.0 Å². The fourth-order valence-electron chi connectivity index (χ4n) is 3.77. The van der Waals surface area contributed by atoms with Crippen LogP contribution in [0.3, 0.4) is 0 Å². The van der Waals surface area contributed by atoms with Gasteiger partial charge in [-0.15, -0.1) is 0 Å². The fourth-order valence-corrected chi connectivity index (χ4v) is 3.77. The minimum atomic E-state index is 0.698. The molecule has 2 aromatic heterocycles. The van der Waals surface area contributed by atoms with Crippen LogP contribution in [0.2, 0.25) is 0 Å². The summed E-state index contributed by atoms with van der Waals surface area (Å²) < 4.78 is 7.88. The third-order valence-corrected chi connectivity index (χ3v) is 5.22. The SMILES string of the molecule is c1ccc2c(c1)ncn2Cc1ccc(-c2nc(CN3CCCC3)co2)cc1. The van der Waals surface area contributed by atoms with E-state index in [-0.39, 0.29) is 0 Å². The molecule has 136 valence electrons. The van der Waals surface area contributed by atoms with Crippen LogP contribution in [0.1, 0.15) is 24.1 Å². The Morgan fingerprint density at radius 1 is 0.926 bits per heavy atom. The molecule has 0 N–H and O–H groups in total. The Kier molecular flexibility index (Phi) is 4.22. The van der Waals surface area contributed by atoms with Crippen LogP contribution >= 0.6 is 0 Å². The molecule has 3 heterocycles. The maximum atomic E-state index is 5.71. The smallest absolute Gasteiger partial charge is 0.226 e. The van der Waals surface area contributed by atoms with Crippen molar-refractivity contribution < 1.29 is 4.42 Å². The fraction of sp³-hybridized carbons (Fsp3) is 0.273. The maximum absolute atomic E-state index is 5.71. The second kappa shape index (κ2) is 7.00. The molecule has 5 heteroatoms. The van der Waals surface area contributed by atoms with Crippen LogP contribution in [-0.2, 0) is 13.1 Å². The number of nitrogens with zero attached hydrogens (tertiary/aromatic N) is 4. The number of hydrogen-bond donors (Lipinski definition) is 0. The van der Waals surface area contributed by atoms with Gasteiger partial charge in [-0.3, -0.25) is 4.90 Å². The van der Waals surface area contributed by atoms with E-state index < -0.39 is 0 Å². The van der Waals surface area contributed by atoms with Crippen molar-refractivity contribution in [3.05, 3.63) is 72.4 Å². The molecule has 0 spiro atoms. The van der Waals surface area contributed by atoms with E-state index in [1.54, 1.807) is 6.26 Å². The van der Waals surface area contributed by atoms with E-state index in [2.05, 4.69) is 49.8 Å². The van der Waals surface area contributed by atoms with Crippen molar-refractivity contribution in [1.29, 1.82) is 0 Å². The molecule has 5 rings (SSSR count). The molecular weight excluding hydrogens is 336 g/mol. The minimum absolute atomic E-state index is 0.698. The highest BCUT2D eigenvalue weighted by atomic mass is 16.3. The first-order valence-corrected chi connectivity index (χ1v) is 9.51. The average molecular weight is 358 g/mol. The van der Waals surface area contributed by atoms with Crippen molar-refractivity contribution in [1.82, 2.24) is 19.4 Å². The zero-order valence-corrected chi connectivity index (χ0v) is 15.2. The lowest BCUT2D eigenvalue weighted by Gasteiger charge is -2.11. The molecule has 0 atom stereocenters. The first-order valence-electron chi connectivity index (χ1n) is 9.51. The molecule has 27 heavy (non-hydrogen) atoms. The zero-order chi connectivity index (χ0) is 18.1. The zero-order valence-electron chi connectivity index (χ0n) is 15.2. The van der Waals surface area contributed by atoms with Crippen LogP contribution in [0.4, 0.5) is 0 Å². The van der Waals surface area contributed by atoms with Gasteiger partial charge in [-0.05, 0) is 55.8 Å². The van der Waals surface area contributed by atoms with Crippen LogP contribution in [0.5, 0.6) is 0 Å². The van der Waals surface area contributed by atoms with Crippen molar-refractivity contribution in [3.63, 3.8) is 0 Å². The summed E-state index contributed by atoms with van der Waals surface area (Å²) in [6, 6.07) is 16.6. The lowest BCUT2D eigenvalue weighted by Crippen LogP contribution is -2.18. The second-order valence-corrected chi connectivity index (χ2v) is 7.19. The summed E-state index contributed by atoms with van der Waals surface area (Å²) in [5.74, 6) is 0.698. The molecule has 0 amide bonds. The molecule has 1 aliphatic heterocycles. The van der Waals surface area contributed by atoms with Gasteiger partial charge in [0.2, 0.25) is 5.89 Å². The standard InChI is InChI=1S/C22H22N4O/c1-2-6-21-20(5-1)23-16-26(21)13-17-7-9-18(10-8-17)22-24-19(15-27-22)14-25-11-3-4-12-25/h1-2,5-10,15-16H,3-4,11-14H2. The molecule has 1 fully saturated rings. The Balaban J connectivity index is 1.31. The van der Waals surface area contributed by atoms with E-state index >= 15 is 0 Å². The van der Waals surface area contributed by atoms with Crippen molar-refractivity contribution in [3.8, 4) is 11.5 Å². The number of fused-ring (bicyclic) bond motifs is 1. The molecule has 0 unspecified atom stereocenters. The van der Waals surface area contributed by atoms with Crippen LogP contribution in [0.25, 0.3) is 22.5 Å². The summed E-state index contributed by atoms with van der Waals surface area (Å²) in [5.41, 5.74) is 5.44. The summed E-state index contributed by atoms with van der Waals surface area (Å²) in [6.07, 6.45) is 6.27. The lowest BCUT2D eigenvalue weighted by atomic mass is 10.1. The van der Waals surface area contributed by atoms with Crippen LogP contribution in [0.15, 0.2) is 65.5 Å². The molecule has 1 aliphatic rings. The van der Waals surface area contributed by atoms with Gasteiger partial charge >= 0.3 is 0 Å². The summed E-state index contributed by atoms with van der Waals surface area (Å²) in [5, 5.41) is 0. The summed E-state index contributed by atoms with van der Waals surface area (Å²) in [4.78, 5) is 11.6. The largest absolute Gasteiger partial charge is 0.444 e. The van der Waals surface area contributed by atoms with E-state index in [0.717, 1.165) is 35.4 Å². The second-order valence-electron chi connectivity index (χ2n) is 7.19. The van der Waals surface area contributed by atoms with E-state index in [9.17, 15) is 0 Å². The highest BCUT2D eigenvalue weighted by Crippen LogP contribution is 2.22. The normalized spacial score (nSPS) is 15.0. The van der Waals surface area contributed by atoms with E-state index in [1.807, 2.05) is 24.5 Å². The van der Waals surface area contributed by atoms with Gasteiger partial charge in [0.25, 0.3) is 0 Å². The lowest BCUT2D eigenvalue weighted by molar-refractivity contribution is 0.327. The Labute approximate surface area is 158 Å². The number of likely N-dealkylation sites (tertiary alicyclic amines) is 1. The summed E-state index contributed by atoms with van der Waals surface area (Å²) in [7, 11) is 0. The van der Waals surface area contributed by atoms with Gasteiger partial charge < -0.3 is 8.98 Å². The van der Waals surface area contributed by atoms with Gasteiger partial charge in [0, 0.05) is 18.7 Å². The molecule has 0 bridgehead atoms. The number of benzene rings is 2. The quantitative estimate of drug-likeness (QED) is 0.533. The first kappa shape index (κ1) is 16.3. The Bertz CT molecular complexity index is 1040. The van der Waals surface area contributed by atoms with Gasteiger partial charge in [0.05, 0.1) is 23.1 Å². The number of para-hydroxylation sites is 2. The van der Waals surface area contributed by atoms with E-state index in [1.165, 1.54) is 31.5 Å². The topological polar surface area (TPSA) is 47.1 Å². The summed E-state index contributed by atoms with van der Waals surface area (Å²) in [6.45, 7) is 4.02. The number of imidazole rings is 1. The van der Waals surface area contributed by atoms with Crippen molar-refractivity contribution in [2.45, 2.75) is 25.9 Å².